The zero-order valence-corrected chi connectivity index (χ0v) is 15.2. The van der Waals surface area contributed by atoms with Crippen molar-refractivity contribution in [2.45, 2.75) is 19.8 Å². The lowest BCUT2D eigenvalue weighted by atomic mass is 10.1. The van der Waals surface area contributed by atoms with Crippen molar-refractivity contribution < 1.29 is 28.1 Å². The first-order valence-corrected chi connectivity index (χ1v) is 8.72. The van der Waals surface area contributed by atoms with Crippen molar-refractivity contribution in [3.05, 3.63) is 70.9 Å². The number of hydrogen-bond acceptors (Lipinski definition) is 7. The number of amides is 2. The highest BCUT2D eigenvalue weighted by molar-refractivity contribution is 6.20. The van der Waals surface area contributed by atoms with Gasteiger partial charge >= 0.3 is 5.97 Å². The summed E-state index contributed by atoms with van der Waals surface area (Å²) in [4.78, 5) is 45.5. The van der Waals surface area contributed by atoms with Gasteiger partial charge in [-0.3, -0.25) is 9.59 Å². The van der Waals surface area contributed by atoms with Crippen molar-refractivity contribution in [2.24, 2.45) is 0 Å². The minimum Gasteiger partial charge on any atom is -0.339 e. The molecular weight excluding hydrogens is 381 g/mol. The molecule has 9 heteroatoms. The Balaban J connectivity index is 1.37. The zero-order valence-electron chi connectivity index (χ0n) is 15.2. The molecule has 0 atom stereocenters. The molecule has 0 N–H and O–H groups in total. The van der Waals surface area contributed by atoms with E-state index in [1.165, 1.54) is 24.3 Å². The smallest absolute Gasteiger partial charge is 0.333 e. The summed E-state index contributed by atoms with van der Waals surface area (Å²) in [6.07, 6.45) is -0.132. The van der Waals surface area contributed by atoms with Gasteiger partial charge < -0.3 is 9.36 Å². The summed E-state index contributed by atoms with van der Waals surface area (Å²) >= 11 is 0. The molecule has 29 heavy (non-hydrogen) atoms. The highest BCUT2D eigenvalue weighted by atomic mass is 19.1. The molecule has 8 nitrogen and oxygen atoms in total. The summed E-state index contributed by atoms with van der Waals surface area (Å²) in [7, 11) is 0. The van der Waals surface area contributed by atoms with Gasteiger partial charge in [-0.15, -0.1) is 0 Å². The van der Waals surface area contributed by atoms with E-state index < -0.39 is 17.8 Å². The maximum absolute atomic E-state index is 13.4. The van der Waals surface area contributed by atoms with E-state index in [0.29, 0.717) is 16.2 Å². The summed E-state index contributed by atoms with van der Waals surface area (Å²) in [5, 5.41) is 4.26. The van der Waals surface area contributed by atoms with Gasteiger partial charge in [-0.05, 0) is 42.8 Å². The fourth-order valence-corrected chi connectivity index (χ4v) is 2.86. The van der Waals surface area contributed by atoms with Crippen LogP contribution in [0.25, 0.3) is 11.4 Å². The van der Waals surface area contributed by atoms with Crippen LogP contribution in [0.2, 0.25) is 0 Å². The Hall–Kier alpha value is -3.88. The number of aromatic nitrogens is 2. The Bertz CT molecular complexity index is 1110. The van der Waals surface area contributed by atoms with E-state index in [-0.39, 0.29) is 41.5 Å². The molecule has 4 rings (SSSR count). The summed E-state index contributed by atoms with van der Waals surface area (Å²) in [6.45, 7) is 1.62. The minimum atomic E-state index is -0.795. The molecule has 1 aromatic heterocycles. The standard InChI is InChI=1S/C20H14FN3O5/c1-11-10-12(6-7-15(11)21)18-22-16(28-23-18)8-9-17(25)29-24-19(26)13-4-2-3-5-14(13)20(24)27/h2-7,10H,8-9H2,1H3. The van der Waals surface area contributed by atoms with Crippen LogP contribution in [0, 0.1) is 12.7 Å². The molecule has 0 fully saturated rings. The van der Waals surface area contributed by atoms with Crippen LogP contribution in [-0.2, 0) is 16.1 Å². The average Bonchev–Trinajstić information content (AvgIpc) is 3.28. The summed E-state index contributed by atoms with van der Waals surface area (Å²) in [5.41, 5.74) is 1.38. The maximum Gasteiger partial charge on any atom is 0.333 e. The van der Waals surface area contributed by atoms with Crippen LogP contribution in [0.15, 0.2) is 47.0 Å². The van der Waals surface area contributed by atoms with Crippen molar-refractivity contribution in [1.29, 1.82) is 0 Å². The average molecular weight is 395 g/mol. The third kappa shape index (κ3) is 3.49. The second-order valence-electron chi connectivity index (χ2n) is 6.39. The zero-order chi connectivity index (χ0) is 20.5. The van der Waals surface area contributed by atoms with E-state index in [1.54, 1.807) is 25.1 Å². The molecule has 1 aliphatic heterocycles. The number of fused-ring (bicyclic) bond motifs is 1. The van der Waals surface area contributed by atoms with E-state index in [0.717, 1.165) is 0 Å². The molecule has 2 amide bonds. The number of halogens is 1. The van der Waals surface area contributed by atoms with Gasteiger partial charge in [0.25, 0.3) is 11.8 Å². The van der Waals surface area contributed by atoms with Gasteiger partial charge in [0.15, 0.2) is 0 Å². The molecule has 0 spiro atoms. The van der Waals surface area contributed by atoms with Crippen LogP contribution in [0.5, 0.6) is 0 Å². The normalized spacial score (nSPS) is 13.0. The third-order valence-electron chi connectivity index (χ3n) is 4.38. The first-order valence-electron chi connectivity index (χ1n) is 8.72. The van der Waals surface area contributed by atoms with E-state index in [2.05, 4.69) is 10.1 Å². The number of rotatable bonds is 5. The Morgan fingerprint density at radius 2 is 1.83 bits per heavy atom. The topological polar surface area (TPSA) is 103 Å². The molecule has 1 aliphatic rings. The number of carbonyl (C=O) groups is 3. The van der Waals surface area contributed by atoms with Gasteiger partial charge in [0, 0.05) is 12.0 Å². The van der Waals surface area contributed by atoms with Crippen molar-refractivity contribution in [2.75, 3.05) is 0 Å². The monoisotopic (exact) mass is 395 g/mol. The van der Waals surface area contributed by atoms with E-state index >= 15 is 0 Å². The van der Waals surface area contributed by atoms with Gasteiger partial charge in [0.05, 0.1) is 17.5 Å². The van der Waals surface area contributed by atoms with Gasteiger partial charge in [0.2, 0.25) is 11.7 Å². The molecule has 0 radical (unpaired) electrons. The predicted molar refractivity (Wildman–Crippen MR) is 95.8 cm³/mol. The molecular formula is C20H14FN3O5. The summed E-state index contributed by atoms with van der Waals surface area (Å²) < 4.78 is 18.5. The lowest BCUT2D eigenvalue weighted by Crippen LogP contribution is -2.32. The van der Waals surface area contributed by atoms with Gasteiger partial charge in [-0.1, -0.05) is 22.4 Å². The molecule has 0 saturated heterocycles. The number of nitrogens with zero attached hydrogens (tertiary/aromatic N) is 3. The molecule has 2 aromatic carbocycles. The highest BCUT2D eigenvalue weighted by Crippen LogP contribution is 2.23. The van der Waals surface area contributed by atoms with E-state index in [1.807, 2.05) is 0 Å². The van der Waals surface area contributed by atoms with Crippen LogP contribution >= 0.6 is 0 Å². The summed E-state index contributed by atoms with van der Waals surface area (Å²) in [6, 6.07) is 10.6. The number of hydrogen-bond donors (Lipinski definition) is 0. The number of hydroxylamine groups is 2. The predicted octanol–water partition coefficient (Wildman–Crippen LogP) is 2.87. The highest BCUT2D eigenvalue weighted by Gasteiger charge is 2.38. The van der Waals surface area contributed by atoms with Crippen LogP contribution < -0.4 is 0 Å². The quantitative estimate of drug-likeness (QED) is 0.612. The number of carbonyl (C=O) groups excluding carboxylic acids is 3. The Morgan fingerprint density at radius 1 is 1.14 bits per heavy atom. The molecule has 0 saturated carbocycles. The number of benzene rings is 2. The van der Waals surface area contributed by atoms with Crippen molar-refractivity contribution in [3.8, 4) is 11.4 Å². The molecule has 0 unspecified atom stereocenters. The number of aryl methyl sites for hydroxylation is 2. The summed E-state index contributed by atoms with van der Waals surface area (Å²) in [5.74, 6) is -2.08. The SMILES string of the molecule is Cc1cc(-c2noc(CCC(=O)ON3C(=O)c4ccccc4C3=O)n2)ccc1F. The second kappa shape index (κ2) is 7.27. The lowest BCUT2D eigenvalue weighted by Gasteiger charge is -2.12. The van der Waals surface area contributed by atoms with Crippen LogP contribution in [0.1, 0.15) is 38.6 Å². The van der Waals surface area contributed by atoms with Crippen molar-refractivity contribution in [1.82, 2.24) is 15.2 Å². The minimum absolute atomic E-state index is 0.0508. The Labute approximate surface area is 163 Å². The first kappa shape index (κ1) is 18.5. The van der Waals surface area contributed by atoms with Crippen molar-refractivity contribution >= 4 is 17.8 Å². The molecule has 0 aliphatic carbocycles. The largest absolute Gasteiger partial charge is 0.339 e. The van der Waals surface area contributed by atoms with Gasteiger partial charge in [-0.25, -0.2) is 9.18 Å². The van der Waals surface area contributed by atoms with Crippen molar-refractivity contribution in [3.63, 3.8) is 0 Å². The molecule has 0 bridgehead atoms. The van der Waals surface area contributed by atoms with Crippen LogP contribution in [-0.4, -0.2) is 33.0 Å². The Kier molecular flexibility index (Phi) is 4.63. The third-order valence-corrected chi connectivity index (χ3v) is 4.38. The molecule has 2 heterocycles. The second-order valence-corrected chi connectivity index (χ2v) is 6.39. The molecule has 146 valence electrons. The van der Waals surface area contributed by atoms with E-state index in [4.69, 9.17) is 9.36 Å². The Morgan fingerprint density at radius 3 is 2.48 bits per heavy atom. The first-order chi connectivity index (χ1) is 13.9. The van der Waals surface area contributed by atoms with Crippen LogP contribution in [0.3, 0.4) is 0 Å². The lowest BCUT2D eigenvalue weighted by molar-refractivity contribution is -0.168. The fourth-order valence-electron chi connectivity index (χ4n) is 2.86. The maximum atomic E-state index is 13.4. The number of imide groups is 1. The fraction of sp³-hybridized carbons (Fsp3) is 0.150. The van der Waals surface area contributed by atoms with E-state index in [9.17, 15) is 18.8 Å². The molecule has 3 aromatic rings. The van der Waals surface area contributed by atoms with Gasteiger partial charge in [0.1, 0.15) is 5.82 Å². The van der Waals surface area contributed by atoms with Gasteiger partial charge in [-0.2, -0.15) is 4.98 Å². The van der Waals surface area contributed by atoms with Crippen LogP contribution in [0.4, 0.5) is 4.39 Å².